The molecule has 4 unspecified atom stereocenters. The summed E-state index contributed by atoms with van der Waals surface area (Å²) in [6.07, 6.45) is 6.98. The van der Waals surface area contributed by atoms with Gasteiger partial charge in [-0.25, -0.2) is 13.9 Å². The second kappa shape index (κ2) is 9.61. The van der Waals surface area contributed by atoms with Crippen LogP contribution in [0, 0.1) is 11.7 Å². The van der Waals surface area contributed by atoms with E-state index in [0.29, 0.717) is 34.2 Å². The Labute approximate surface area is 224 Å². The van der Waals surface area contributed by atoms with E-state index in [9.17, 15) is 14.3 Å². The fraction of sp³-hybridized carbons (Fsp3) is 0.429. The summed E-state index contributed by atoms with van der Waals surface area (Å²) in [5.74, 6) is -1.15. The number of halogens is 3. The van der Waals surface area contributed by atoms with Gasteiger partial charge in [0.25, 0.3) is 0 Å². The first kappa shape index (κ1) is 24.7. The predicted molar refractivity (Wildman–Crippen MR) is 141 cm³/mol. The molecule has 194 valence electrons. The molecule has 2 aliphatic carbocycles. The van der Waals surface area contributed by atoms with Crippen LogP contribution in [0.4, 0.5) is 10.1 Å². The van der Waals surface area contributed by atoms with Crippen LogP contribution < -0.4 is 4.90 Å². The maximum Gasteiger partial charge on any atom is 0.338 e. The van der Waals surface area contributed by atoms with E-state index in [0.717, 1.165) is 43.5 Å². The molecule has 0 spiro atoms. The van der Waals surface area contributed by atoms with Crippen LogP contribution in [0.5, 0.6) is 0 Å². The zero-order valence-corrected chi connectivity index (χ0v) is 21.9. The number of ether oxygens (including phenoxy) is 1. The van der Waals surface area contributed by atoms with Crippen molar-refractivity contribution in [2.45, 2.75) is 69.7 Å². The Morgan fingerprint density at radius 2 is 1.95 bits per heavy atom. The maximum atomic E-state index is 14.5. The van der Waals surface area contributed by atoms with Gasteiger partial charge in [0.05, 0.1) is 40.2 Å². The highest BCUT2D eigenvalue weighted by Crippen LogP contribution is 2.48. The topological polar surface area (TPSA) is 67.6 Å². The molecule has 1 N–H and O–H groups in total. The molecule has 3 aliphatic rings. The van der Waals surface area contributed by atoms with Crippen LogP contribution in [0.15, 0.2) is 42.6 Å². The maximum absolute atomic E-state index is 14.5. The molecule has 37 heavy (non-hydrogen) atoms. The number of carboxylic acids is 1. The minimum Gasteiger partial charge on any atom is -0.478 e. The van der Waals surface area contributed by atoms with Crippen LogP contribution in [0.3, 0.4) is 0 Å². The van der Waals surface area contributed by atoms with Gasteiger partial charge in [-0.3, -0.25) is 0 Å². The molecule has 2 aromatic carbocycles. The van der Waals surface area contributed by atoms with Crippen LogP contribution >= 0.6 is 23.2 Å². The van der Waals surface area contributed by atoms with Gasteiger partial charge >= 0.3 is 5.97 Å². The van der Waals surface area contributed by atoms with Crippen LogP contribution in [0.1, 0.15) is 66.6 Å². The molecule has 1 aromatic heterocycles. The highest BCUT2D eigenvalue weighted by molar-refractivity contribution is 6.37. The van der Waals surface area contributed by atoms with Gasteiger partial charge in [0.15, 0.2) is 0 Å². The summed E-state index contributed by atoms with van der Waals surface area (Å²) in [5.41, 5.74) is 3.30. The Morgan fingerprint density at radius 3 is 2.59 bits per heavy atom. The van der Waals surface area contributed by atoms with E-state index < -0.39 is 11.8 Å². The first-order chi connectivity index (χ1) is 17.9. The third-order valence-corrected chi connectivity index (χ3v) is 8.78. The average Bonchev–Trinajstić information content (AvgIpc) is 3.35. The Bertz CT molecular complexity index is 1340. The van der Waals surface area contributed by atoms with E-state index in [2.05, 4.69) is 16.9 Å². The summed E-state index contributed by atoms with van der Waals surface area (Å²) in [4.78, 5) is 13.5. The Morgan fingerprint density at radius 1 is 1.19 bits per heavy atom. The summed E-state index contributed by atoms with van der Waals surface area (Å²) >= 11 is 13.0. The number of carbonyl (C=O) groups is 1. The zero-order valence-electron chi connectivity index (χ0n) is 20.4. The number of para-hydroxylation sites is 1. The van der Waals surface area contributed by atoms with Gasteiger partial charge in [-0.1, -0.05) is 36.2 Å². The highest BCUT2D eigenvalue weighted by Gasteiger charge is 2.51. The molecule has 2 saturated carbocycles. The molecule has 6 nitrogen and oxygen atoms in total. The average molecular weight is 544 g/mol. The SMILES string of the molecule is CCC1C2CC(CC2OCc2c(C3CC3)cnn2-c2c(Cl)cccc2Cl)N1c1ccc(C(=O)O)c(F)c1. The number of aromatic nitrogens is 2. The van der Waals surface area contributed by atoms with Gasteiger partial charge in [-0.15, -0.1) is 0 Å². The van der Waals surface area contributed by atoms with Crippen molar-refractivity contribution in [2.75, 3.05) is 4.90 Å². The van der Waals surface area contributed by atoms with Gasteiger partial charge in [0.1, 0.15) is 11.5 Å². The molecular weight excluding hydrogens is 516 g/mol. The predicted octanol–water partition coefficient (Wildman–Crippen LogP) is 6.86. The molecule has 2 bridgehead atoms. The van der Waals surface area contributed by atoms with Gasteiger partial charge in [-0.2, -0.15) is 5.10 Å². The van der Waals surface area contributed by atoms with Gasteiger partial charge in [-0.05, 0) is 73.9 Å². The zero-order chi connectivity index (χ0) is 25.8. The Hall–Kier alpha value is -2.61. The number of rotatable bonds is 8. The summed E-state index contributed by atoms with van der Waals surface area (Å²) < 4.78 is 22.9. The molecule has 1 aliphatic heterocycles. The molecule has 4 atom stereocenters. The molecular formula is C28H28Cl2FN3O3. The number of fused-ring (bicyclic) bond motifs is 2. The number of piperidine rings is 1. The molecule has 3 fully saturated rings. The van der Waals surface area contributed by atoms with Crippen molar-refractivity contribution in [1.82, 2.24) is 9.78 Å². The fourth-order valence-electron chi connectivity index (χ4n) is 6.38. The number of hydrogen-bond donors (Lipinski definition) is 1. The van der Waals surface area contributed by atoms with Crippen molar-refractivity contribution in [3.05, 3.63) is 75.3 Å². The first-order valence-corrected chi connectivity index (χ1v) is 13.6. The number of anilines is 1. The molecule has 0 radical (unpaired) electrons. The third kappa shape index (κ3) is 4.31. The molecule has 6 rings (SSSR count). The van der Waals surface area contributed by atoms with Gasteiger partial charge < -0.3 is 14.7 Å². The van der Waals surface area contributed by atoms with E-state index >= 15 is 0 Å². The van der Waals surface area contributed by atoms with E-state index in [4.69, 9.17) is 27.9 Å². The van der Waals surface area contributed by atoms with Crippen molar-refractivity contribution in [3.8, 4) is 5.69 Å². The number of benzene rings is 2. The standard InChI is InChI=1S/C28H28Cl2FN3O3/c1-2-24-19-10-17(33(24)16-8-9-18(28(35)36)23(31)11-16)12-26(19)37-14-25-20(15-6-7-15)13-32-34(25)27-21(29)4-3-5-22(27)30/h3-5,8-9,11,13,15,17,19,24,26H,2,6-7,10,12,14H2,1H3,(H,35,36). The van der Waals surface area contributed by atoms with Crippen LogP contribution in [-0.2, 0) is 11.3 Å². The van der Waals surface area contributed by atoms with E-state index in [-0.39, 0.29) is 23.8 Å². The summed E-state index contributed by atoms with van der Waals surface area (Å²) in [6, 6.07) is 10.3. The van der Waals surface area contributed by atoms with Crippen molar-refractivity contribution < 1.29 is 19.0 Å². The monoisotopic (exact) mass is 543 g/mol. The molecule has 3 aromatic rings. The minimum atomic E-state index is -1.25. The van der Waals surface area contributed by atoms with Crippen molar-refractivity contribution >= 4 is 34.9 Å². The number of aromatic carboxylic acids is 1. The third-order valence-electron chi connectivity index (χ3n) is 8.17. The lowest BCUT2D eigenvalue weighted by Crippen LogP contribution is -2.46. The highest BCUT2D eigenvalue weighted by atomic mass is 35.5. The first-order valence-electron chi connectivity index (χ1n) is 12.8. The van der Waals surface area contributed by atoms with Crippen molar-refractivity contribution in [1.29, 1.82) is 0 Å². The Balaban J connectivity index is 1.23. The lowest BCUT2D eigenvalue weighted by molar-refractivity contribution is -0.000568. The minimum absolute atomic E-state index is 0.0754. The van der Waals surface area contributed by atoms with Crippen molar-refractivity contribution in [3.63, 3.8) is 0 Å². The van der Waals surface area contributed by atoms with E-state index in [1.165, 1.54) is 17.7 Å². The second-order valence-corrected chi connectivity index (χ2v) is 11.1. The van der Waals surface area contributed by atoms with Crippen LogP contribution in [0.25, 0.3) is 5.69 Å². The quantitative estimate of drug-likeness (QED) is 0.336. The van der Waals surface area contributed by atoms with Crippen LogP contribution in [0.2, 0.25) is 10.0 Å². The fourth-order valence-corrected chi connectivity index (χ4v) is 6.94. The summed E-state index contributed by atoms with van der Waals surface area (Å²) in [6.45, 7) is 2.55. The summed E-state index contributed by atoms with van der Waals surface area (Å²) in [7, 11) is 0. The Kier molecular flexibility index (Phi) is 6.42. The normalized spacial score (nSPS) is 24.7. The van der Waals surface area contributed by atoms with Gasteiger partial charge in [0.2, 0.25) is 0 Å². The number of carboxylic acid groups (broad SMARTS) is 1. The smallest absolute Gasteiger partial charge is 0.338 e. The van der Waals surface area contributed by atoms with Gasteiger partial charge in [0, 0.05) is 23.7 Å². The number of hydrogen-bond acceptors (Lipinski definition) is 4. The molecule has 0 amide bonds. The van der Waals surface area contributed by atoms with E-state index in [1.54, 1.807) is 6.07 Å². The molecule has 1 saturated heterocycles. The lowest BCUT2D eigenvalue weighted by Gasteiger charge is -2.40. The molecule has 9 heteroatoms. The summed E-state index contributed by atoms with van der Waals surface area (Å²) in [5, 5.41) is 14.9. The van der Waals surface area contributed by atoms with Crippen LogP contribution in [-0.4, -0.2) is 39.0 Å². The molecule has 2 heterocycles. The van der Waals surface area contributed by atoms with Crippen molar-refractivity contribution in [2.24, 2.45) is 5.92 Å². The van der Waals surface area contributed by atoms with E-state index in [1.807, 2.05) is 29.1 Å². The largest absolute Gasteiger partial charge is 0.478 e. The second-order valence-electron chi connectivity index (χ2n) is 10.3. The lowest BCUT2D eigenvalue weighted by atomic mass is 9.93. The number of nitrogens with zero attached hydrogens (tertiary/aromatic N) is 3.